The summed E-state index contributed by atoms with van der Waals surface area (Å²) in [5.41, 5.74) is -0.870. The minimum Gasteiger partial charge on any atom is -0.487 e. The van der Waals surface area contributed by atoms with Gasteiger partial charge in [0.05, 0.1) is 30.3 Å². The topological polar surface area (TPSA) is 78.7 Å². The van der Waals surface area contributed by atoms with E-state index in [-0.39, 0.29) is 11.3 Å². The van der Waals surface area contributed by atoms with Gasteiger partial charge in [0.1, 0.15) is 5.82 Å². The highest BCUT2D eigenvalue weighted by molar-refractivity contribution is 5.90. The Kier molecular flexibility index (Phi) is 4.16. The van der Waals surface area contributed by atoms with Gasteiger partial charge in [0.15, 0.2) is 5.75 Å². The van der Waals surface area contributed by atoms with Crippen LogP contribution in [0.3, 0.4) is 0 Å². The lowest BCUT2D eigenvalue weighted by molar-refractivity contribution is -0.386. The molecule has 0 unspecified atom stereocenters. The number of nitro groups is 1. The van der Waals surface area contributed by atoms with E-state index in [4.69, 9.17) is 4.74 Å². The van der Waals surface area contributed by atoms with Crippen LogP contribution in [0.1, 0.15) is 29.6 Å². The van der Waals surface area contributed by atoms with Crippen LogP contribution in [0.4, 0.5) is 10.1 Å². The Labute approximate surface area is 114 Å². The second-order valence-corrected chi connectivity index (χ2v) is 4.63. The molecule has 6 nitrogen and oxygen atoms in total. The van der Waals surface area contributed by atoms with E-state index in [0.29, 0.717) is 18.6 Å². The van der Waals surface area contributed by atoms with E-state index in [0.717, 1.165) is 32.4 Å². The second-order valence-electron chi connectivity index (χ2n) is 4.63. The zero-order valence-corrected chi connectivity index (χ0v) is 10.9. The van der Waals surface area contributed by atoms with Crippen LogP contribution in [0.5, 0.6) is 5.75 Å². The van der Waals surface area contributed by atoms with Gasteiger partial charge in [0.25, 0.3) is 0 Å². The van der Waals surface area contributed by atoms with Crippen LogP contribution in [0.25, 0.3) is 0 Å². The molecule has 0 aromatic heterocycles. The van der Waals surface area contributed by atoms with Crippen molar-refractivity contribution in [3.8, 4) is 5.75 Å². The molecule has 0 spiro atoms. The van der Waals surface area contributed by atoms with Gasteiger partial charge in [-0.05, 0) is 12.3 Å². The minimum absolute atomic E-state index is 0.113. The van der Waals surface area contributed by atoms with Gasteiger partial charge in [-0.2, -0.15) is 0 Å². The number of esters is 1. The van der Waals surface area contributed by atoms with Gasteiger partial charge in [0.2, 0.25) is 0 Å². The summed E-state index contributed by atoms with van der Waals surface area (Å²) in [5.74, 6) is -1.41. The third-order valence-electron chi connectivity index (χ3n) is 3.13. The molecule has 1 aliphatic rings. The van der Waals surface area contributed by atoms with Gasteiger partial charge in [0, 0.05) is 6.07 Å². The number of halogens is 1. The predicted octanol–water partition coefficient (Wildman–Crippen LogP) is 2.70. The van der Waals surface area contributed by atoms with Crippen molar-refractivity contribution >= 4 is 11.7 Å². The molecule has 2 rings (SSSR count). The van der Waals surface area contributed by atoms with E-state index in [1.807, 2.05) is 0 Å². The SMILES string of the molecule is COC(=O)c1cc(OCCC2CC2)c([N+](=O)[O-])cc1F. The largest absolute Gasteiger partial charge is 0.487 e. The fourth-order valence-corrected chi connectivity index (χ4v) is 1.81. The molecule has 1 fully saturated rings. The molecule has 108 valence electrons. The molecule has 0 amide bonds. The predicted molar refractivity (Wildman–Crippen MR) is 67.2 cm³/mol. The lowest BCUT2D eigenvalue weighted by Gasteiger charge is -2.08. The Morgan fingerprint density at radius 2 is 2.20 bits per heavy atom. The summed E-state index contributed by atoms with van der Waals surface area (Å²) in [7, 11) is 1.11. The molecule has 0 atom stereocenters. The molecule has 7 heteroatoms. The fraction of sp³-hybridized carbons (Fsp3) is 0.462. The van der Waals surface area contributed by atoms with Crippen LogP contribution < -0.4 is 4.74 Å². The van der Waals surface area contributed by atoms with Gasteiger partial charge in [-0.1, -0.05) is 12.8 Å². The zero-order chi connectivity index (χ0) is 14.7. The first-order valence-electron chi connectivity index (χ1n) is 6.22. The number of hydrogen-bond acceptors (Lipinski definition) is 5. The standard InChI is InChI=1S/C13H14FNO5/c1-19-13(16)9-6-12(20-5-4-8-2-3-8)11(15(17)18)7-10(9)14/h6-8H,2-5H2,1H3. The Morgan fingerprint density at radius 1 is 1.50 bits per heavy atom. The van der Waals surface area contributed by atoms with E-state index in [9.17, 15) is 19.3 Å². The van der Waals surface area contributed by atoms with Crippen LogP contribution in [-0.2, 0) is 4.74 Å². The molecule has 0 heterocycles. The van der Waals surface area contributed by atoms with Gasteiger partial charge < -0.3 is 9.47 Å². The molecule has 1 aromatic carbocycles. The maximum absolute atomic E-state index is 13.6. The average molecular weight is 283 g/mol. The lowest BCUT2D eigenvalue weighted by Crippen LogP contribution is -2.08. The average Bonchev–Trinajstić information content (AvgIpc) is 3.23. The summed E-state index contributed by atoms with van der Waals surface area (Å²) in [4.78, 5) is 21.5. The number of nitrogens with zero attached hydrogens (tertiary/aromatic N) is 1. The number of methoxy groups -OCH3 is 1. The summed E-state index contributed by atoms with van der Waals surface area (Å²) in [5, 5.41) is 10.9. The maximum Gasteiger partial charge on any atom is 0.340 e. The van der Waals surface area contributed by atoms with E-state index in [1.165, 1.54) is 0 Å². The number of carbonyl (C=O) groups excluding carboxylic acids is 1. The second kappa shape index (κ2) is 5.85. The Balaban J connectivity index is 2.23. The van der Waals surface area contributed by atoms with Crippen molar-refractivity contribution in [1.29, 1.82) is 0 Å². The van der Waals surface area contributed by atoms with Crippen LogP contribution in [-0.4, -0.2) is 24.6 Å². The van der Waals surface area contributed by atoms with Crippen LogP contribution >= 0.6 is 0 Å². The number of ether oxygens (including phenoxy) is 2. The van der Waals surface area contributed by atoms with E-state index < -0.39 is 22.4 Å². The Bertz CT molecular complexity index is 542. The van der Waals surface area contributed by atoms with Crippen LogP contribution in [0.2, 0.25) is 0 Å². The first-order valence-corrected chi connectivity index (χ1v) is 6.22. The molecule has 0 N–H and O–H groups in total. The normalized spacial score (nSPS) is 13.9. The quantitative estimate of drug-likeness (QED) is 0.455. The lowest BCUT2D eigenvalue weighted by atomic mass is 10.1. The van der Waals surface area contributed by atoms with Crippen molar-refractivity contribution < 1.29 is 23.6 Å². The summed E-state index contributed by atoms with van der Waals surface area (Å²) < 4.78 is 23.4. The van der Waals surface area contributed by atoms with Gasteiger partial charge in [-0.25, -0.2) is 9.18 Å². The van der Waals surface area contributed by atoms with E-state index in [2.05, 4.69) is 4.74 Å². The molecule has 0 aliphatic heterocycles. The number of benzene rings is 1. The van der Waals surface area contributed by atoms with Crippen molar-refractivity contribution in [3.05, 3.63) is 33.6 Å². The number of nitro benzene ring substituents is 1. The van der Waals surface area contributed by atoms with Crippen molar-refractivity contribution in [2.24, 2.45) is 5.92 Å². The molecule has 0 radical (unpaired) electrons. The highest BCUT2D eigenvalue weighted by Crippen LogP contribution is 2.34. The van der Waals surface area contributed by atoms with Gasteiger partial charge in [-0.15, -0.1) is 0 Å². The summed E-state index contributed by atoms with van der Waals surface area (Å²) in [6.07, 6.45) is 3.08. The molecular weight excluding hydrogens is 269 g/mol. The molecule has 0 saturated heterocycles. The molecule has 20 heavy (non-hydrogen) atoms. The Hall–Kier alpha value is -2.18. The highest BCUT2D eigenvalue weighted by Gasteiger charge is 2.25. The first kappa shape index (κ1) is 14.2. The number of carbonyl (C=O) groups is 1. The fourth-order valence-electron chi connectivity index (χ4n) is 1.81. The summed E-state index contributed by atoms with van der Waals surface area (Å²) >= 11 is 0. The van der Waals surface area contributed by atoms with E-state index in [1.54, 1.807) is 0 Å². The number of rotatable bonds is 6. The monoisotopic (exact) mass is 283 g/mol. The first-order chi connectivity index (χ1) is 9.52. The van der Waals surface area contributed by atoms with Gasteiger partial charge in [-0.3, -0.25) is 10.1 Å². The molecule has 1 aliphatic carbocycles. The third kappa shape index (κ3) is 3.23. The molecular formula is C13H14FNO5. The van der Waals surface area contributed by atoms with Crippen LogP contribution in [0.15, 0.2) is 12.1 Å². The van der Waals surface area contributed by atoms with Crippen LogP contribution in [0, 0.1) is 21.8 Å². The number of hydrogen-bond donors (Lipinski definition) is 0. The minimum atomic E-state index is -1.00. The van der Waals surface area contributed by atoms with Gasteiger partial charge >= 0.3 is 11.7 Å². The highest BCUT2D eigenvalue weighted by atomic mass is 19.1. The van der Waals surface area contributed by atoms with Crippen molar-refractivity contribution in [1.82, 2.24) is 0 Å². The van der Waals surface area contributed by atoms with Crippen molar-refractivity contribution in [2.75, 3.05) is 13.7 Å². The summed E-state index contributed by atoms with van der Waals surface area (Å²) in [6, 6.07) is 1.70. The Morgan fingerprint density at radius 3 is 2.75 bits per heavy atom. The zero-order valence-electron chi connectivity index (χ0n) is 10.9. The summed E-state index contributed by atoms with van der Waals surface area (Å²) in [6.45, 7) is 0.303. The van der Waals surface area contributed by atoms with E-state index >= 15 is 0 Å². The smallest absolute Gasteiger partial charge is 0.340 e. The third-order valence-corrected chi connectivity index (χ3v) is 3.13. The molecule has 1 saturated carbocycles. The van der Waals surface area contributed by atoms with Crippen molar-refractivity contribution in [3.63, 3.8) is 0 Å². The maximum atomic E-state index is 13.6. The van der Waals surface area contributed by atoms with Crippen molar-refractivity contribution in [2.45, 2.75) is 19.3 Å². The molecule has 0 bridgehead atoms. The molecule has 1 aromatic rings.